The number of benzene rings is 1. The average Bonchev–Trinajstić information content (AvgIpc) is 2.79. The molecule has 3 unspecified atom stereocenters. The average molecular weight is 289 g/mol. The van der Waals surface area contributed by atoms with Crippen LogP contribution in [0, 0.1) is 11.8 Å². The first kappa shape index (κ1) is 15.7. The molecule has 1 amide bonds. The topological polar surface area (TPSA) is 58.4 Å². The molecular formula is C17H27N3O. The summed E-state index contributed by atoms with van der Waals surface area (Å²) in [5.41, 5.74) is 8.15. The lowest BCUT2D eigenvalue weighted by atomic mass is 9.93. The van der Waals surface area contributed by atoms with E-state index in [9.17, 15) is 4.79 Å². The van der Waals surface area contributed by atoms with Gasteiger partial charge in [0.25, 0.3) is 5.91 Å². The van der Waals surface area contributed by atoms with Crippen molar-refractivity contribution in [3.63, 3.8) is 0 Å². The molecule has 0 radical (unpaired) electrons. The van der Waals surface area contributed by atoms with Crippen LogP contribution in [0.5, 0.6) is 0 Å². The third kappa shape index (κ3) is 3.31. The van der Waals surface area contributed by atoms with Gasteiger partial charge in [0.1, 0.15) is 0 Å². The maximum absolute atomic E-state index is 12.3. The van der Waals surface area contributed by atoms with Crippen LogP contribution in [0.1, 0.15) is 43.5 Å². The Labute approximate surface area is 127 Å². The molecule has 0 heterocycles. The lowest BCUT2D eigenvalue weighted by Crippen LogP contribution is -2.28. The zero-order chi connectivity index (χ0) is 15.6. The van der Waals surface area contributed by atoms with Gasteiger partial charge in [-0.05, 0) is 42.9 Å². The molecule has 3 N–H and O–H groups in total. The lowest BCUT2D eigenvalue weighted by Gasteiger charge is -2.24. The van der Waals surface area contributed by atoms with Crippen molar-refractivity contribution in [1.82, 2.24) is 4.90 Å². The molecule has 3 atom stereocenters. The van der Waals surface area contributed by atoms with E-state index in [4.69, 9.17) is 5.73 Å². The molecule has 0 spiro atoms. The molecule has 116 valence electrons. The minimum Gasteiger partial charge on any atom is -0.399 e. The van der Waals surface area contributed by atoms with E-state index in [1.54, 1.807) is 25.1 Å². The first-order chi connectivity index (χ1) is 9.93. The van der Waals surface area contributed by atoms with Gasteiger partial charge < -0.3 is 16.0 Å². The van der Waals surface area contributed by atoms with E-state index in [0.29, 0.717) is 23.2 Å². The Kier molecular flexibility index (Phi) is 4.76. The first-order valence-electron chi connectivity index (χ1n) is 7.81. The molecule has 1 fully saturated rings. The summed E-state index contributed by atoms with van der Waals surface area (Å²) in [4.78, 5) is 13.9. The van der Waals surface area contributed by atoms with Gasteiger partial charge in [-0.1, -0.05) is 20.3 Å². The van der Waals surface area contributed by atoms with Crippen LogP contribution in [0.2, 0.25) is 0 Å². The van der Waals surface area contributed by atoms with Gasteiger partial charge in [-0.25, -0.2) is 0 Å². The second-order valence-corrected chi connectivity index (χ2v) is 6.36. The van der Waals surface area contributed by atoms with Crippen molar-refractivity contribution in [1.29, 1.82) is 0 Å². The number of hydrogen-bond acceptors (Lipinski definition) is 3. The summed E-state index contributed by atoms with van der Waals surface area (Å²) in [7, 11) is 3.54. The maximum atomic E-state index is 12.3. The third-order valence-corrected chi connectivity index (χ3v) is 4.77. The quantitative estimate of drug-likeness (QED) is 0.837. The van der Waals surface area contributed by atoms with Crippen LogP contribution >= 0.6 is 0 Å². The maximum Gasteiger partial charge on any atom is 0.255 e. The van der Waals surface area contributed by atoms with Gasteiger partial charge in [0.05, 0.1) is 5.56 Å². The minimum atomic E-state index is 0.00944. The summed E-state index contributed by atoms with van der Waals surface area (Å²) in [6, 6.07) is 5.90. The van der Waals surface area contributed by atoms with Gasteiger partial charge in [0.15, 0.2) is 0 Å². The Bertz CT molecular complexity index is 513. The second kappa shape index (κ2) is 6.37. The van der Waals surface area contributed by atoms with E-state index in [-0.39, 0.29) is 5.91 Å². The number of hydrogen-bond donors (Lipinski definition) is 2. The number of nitrogens with one attached hydrogen (secondary N) is 1. The summed E-state index contributed by atoms with van der Waals surface area (Å²) < 4.78 is 0. The number of anilines is 2. The summed E-state index contributed by atoms with van der Waals surface area (Å²) in [6.45, 7) is 4.56. The molecule has 2 rings (SSSR count). The van der Waals surface area contributed by atoms with Crippen LogP contribution in [-0.4, -0.2) is 30.9 Å². The van der Waals surface area contributed by atoms with Gasteiger partial charge in [-0.15, -0.1) is 0 Å². The highest BCUT2D eigenvalue weighted by molar-refractivity contribution is 6.00. The van der Waals surface area contributed by atoms with Crippen molar-refractivity contribution < 1.29 is 4.79 Å². The minimum absolute atomic E-state index is 0.00944. The van der Waals surface area contributed by atoms with Gasteiger partial charge in [0, 0.05) is 31.5 Å². The van der Waals surface area contributed by atoms with Gasteiger partial charge >= 0.3 is 0 Å². The molecule has 1 aromatic rings. The van der Waals surface area contributed by atoms with Crippen molar-refractivity contribution in [3.8, 4) is 0 Å². The fourth-order valence-electron chi connectivity index (χ4n) is 3.34. The number of carbonyl (C=O) groups excluding carboxylic acids is 1. The molecule has 0 aliphatic heterocycles. The summed E-state index contributed by atoms with van der Waals surface area (Å²) in [5, 5.41) is 3.57. The molecule has 1 aliphatic carbocycles. The van der Waals surface area contributed by atoms with E-state index >= 15 is 0 Å². The van der Waals surface area contributed by atoms with Crippen molar-refractivity contribution in [2.24, 2.45) is 11.8 Å². The Morgan fingerprint density at radius 1 is 1.38 bits per heavy atom. The van der Waals surface area contributed by atoms with Crippen molar-refractivity contribution in [3.05, 3.63) is 23.8 Å². The van der Waals surface area contributed by atoms with Gasteiger partial charge in [0.2, 0.25) is 0 Å². The normalized spacial score (nSPS) is 24.9. The standard InChI is InChI=1S/C17H27N3O/c1-5-12-6-9-15(11(12)2)19-16-10-13(18)7-8-14(16)17(21)20(3)4/h7-8,10-12,15,19H,5-6,9,18H2,1-4H3. The smallest absolute Gasteiger partial charge is 0.255 e. The fraction of sp³-hybridized carbons (Fsp3) is 0.588. The van der Waals surface area contributed by atoms with E-state index in [1.807, 2.05) is 12.1 Å². The Morgan fingerprint density at radius 3 is 2.67 bits per heavy atom. The highest BCUT2D eigenvalue weighted by atomic mass is 16.2. The van der Waals surface area contributed by atoms with E-state index in [2.05, 4.69) is 19.2 Å². The van der Waals surface area contributed by atoms with E-state index < -0.39 is 0 Å². The highest BCUT2D eigenvalue weighted by Gasteiger charge is 2.32. The molecule has 0 aromatic heterocycles. The number of nitrogens with zero attached hydrogens (tertiary/aromatic N) is 1. The Balaban J connectivity index is 2.23. The van der Waals surface area contributed by atoms with E-state index in [1.165, 1.54) is 12.8 Å². The molecule has 4 nitrogen and oxygen atoms in total. The van der Waals surface area contributed by atoms with Crippen LogP contribution in [0.25, 0.3) is 0 Å². The zero-order valence-corrected chi connectivity index (χ0v) is 13.5. The number of rotatable bonds is 4. The molecule has 1 aromatic carbocycles. The third-order valence-electron chi connectivity index (χ3n) is 4.77. The Hall–Kier alpha value is -1.71. The van der Waals surface area contributed by atoms with Crippen LogP contribution in [0.15, 0.2) is 18.2 Å². The summed E-state index contributed by atoms with van der Waals surface area (Å²) in [5.74, 6) is 1.41. The van der Waals surface area contributed by atoms with Crippen molar-refractivity contribution >= 4 is 17.3 Å². The molecule has 0 bridgehead atoms. The second-order valence-electron chi connectivity index (χ2n) is 6.36. The largest absolute Gasteiger partial charge is 0.399 e. The SMILES string of the molecule is CCC1CCC(Nc2cc(N)ccc2C(=O)N(C)C)C1C. The van der Waals surface area contributed by atoms with Crippen LogP contribution in [0.3, 0.4) is 0 Å². The summed E-state index contributed by atoms with van der Waals surface area (Å²) in [6.07, 6.45) is 3.64. The predicted octanol–water partition coefficient (Wildman–Crippen LogP) is 3.21. The predicted molar refractivity (Wildman–Crippen MR) is 88.5 cm³/mol. The number of nitrogens with two attached hydrogens (primary N) is 1. The summed E-state index contributed by atoms with van der Waals surface area (Å²) >= 11 is 0. The monoisotopic (exact) mass is 289 g/mol. The van der Waals surface area contributed by atoms with Gasteiger partial charge in [-0.3, -0.25) is 4.79 Å². The first-order valence-corrected chi connectivity index (χ1v) is 7.81. The van der Waals surface area contributed by atoms with Crippen LogP contribution in [-0.2, 0) is 0 Å². The molecule has 1 saturated carbocycles. The van der Waals surface area contributed by atoms with Crippen molar-refractivity contribution in [2.75, 3.05) is 25.1 Å². The number of nitrogen functional groups attached to an aromatic ring is 1. The zero-order valence-electron chi connectivity index (χ0n) is 13.5. The lowest BCUT2D eigenvalue weighted by molar-refractivity contribution is 0.0828. The fourth-order valence-corrected chi connectivity index (χ4v) is 3.34. The van der Waals surface area contributed by atoms with E-state index in [0.717, 1.165) is 18.0 Å². The Morgan fingerprint density at radius 2 is 2.10 bits per heavy atom. The number of carbonyl (C=O) groups is 1. The molecule has 4 heteroatoms. The van der Waals surface area contributed by atoms with Crippen LogP contribution in [0.4, 0.5) is 11.4 Å². The molecule has 1 aliphatic rings. The van der Waals surface area contributed by atoms with Gasteiger partial charge in [-0.2, -0.15) is 0 Å². The highest BCUT2D eigenvalue weighted by Crippen LogP contribution is 2.36. The molecular weight excluding hydrogens is 262 g/mol. The number of amides is 1. The van der Waals surface area contributed by atoms with Crippen molar-refractivity contribution in [2.45, 2.75) is 39.2 Å². The molecule has 21 heavy (non-hydrogen) atoms. The van der Waals surface area contributed by atoms with Crippen LogP contribution < -0.4 is 11.1 Å². The molecule has 0 saturated heterocycles.